The van der Waals surface area contributed by atoms with Gasteiger partial charge in [0.2, 0.25) is 0 Å². The third kappa shape index (κ3) is 4.21. The predicted octanol–water partition coefficient (Wildman–Crippen LogP) is 0.824. The number of nitrogens with one attached hydrogen (secondary N) is 1. The molecule has 0 saturated carbocycles. The zero-order valence-electron chi connectivity index (χ0n) is 12.2. The van der Waals surface area contributed by atoms with E-state index in [1.807, 2.05) is 10.9 Å². The molecule has 1 saturated heterocycles. The van der Waals surface area contributed by atoms with Crippen molar-refractivity contribution in [3.05, 3.63) is 12.4 Å². The van der Waals surface area contributed by atoms with Gasteiger partial charge < -0.3 is 10.2 Å². The average Bonchev–Trinajstić information content (AvgIpc) is 2.98. The second-order valence-electron chi connectivity index (χ2n) is 5.26. The lowest BCUT2D eigenvalue weighted by molar-refractivity contribution is 0.285. The summed E-state index contributed by atoms with van der Waals surface area (Å²) in [4.78, 5) is 2.35. The van der Waals surface area contributed by atoms with Crippen molar-refractivity contribution >= 4 is 15.5 Å². The van der Waals surface area contributed by atoms with Crippen LogP contribution >= 0.6 is 0 Å². The number of hydrogen-bond acceptors (Lipinski definition) is 5. The van der Waals surface area contributed by atoms with Gasteiger partial charge in [-0.25, -0.2) is 8.42 Å². The van der Waals surface area contributed by atoms with Crippen molar-refractivity contribution in [2.75, 3.05) is 36.5 Å². The Balaban J connectivity index is 1.83. The van der Waals surface area contributed by atoms with Crippen LogP contribution < -0.4 is 5.32 Å². The Morgan fingerprint density at radius 1 is 1.45 bits per heavy atom. The molecule has 0 aliphatic carbocycles. The van der Waals surface area contributed by atoms with Crippen LogP contribution in [-0.2, 0) is 16.4 Å². The summed E-state index contributed by atoms with van der Waals surface area (Å²) in [7, 11) is -2.83. The molecule has 1 aromatic heterocycles. The Morgan fingerprint density at radius 2 is 2.20 bits per heavy atom. The highest BCUT2D eigenvalue weighted by Gasteiger charge is 2.27. The summed E-state index contributed by atoms with van der Waals surface area (Å²) in [5.41, 5.74) is 0.909. The van der Waals surface area contributed by atoms with Crippen molar-refractivity contribution in [2.45, 2.75) is 32.9 Å². The van der Waals surface area contributed by atoms with Crippen LogP contribution in [0, 0.1) is 0 Å². The fraction of sp³-hybridized carbons (Fsp3) is 0.769. The molecular weight excluding hydrogens is 276 g/mol. The van der Waals surface area contributed by atoms with Crippen LogP contribution in [0.5, 0.6) is 0 Å². The van der Waals surface area contributed by atoms with Gasteiger partial charge in [-0.05, 0) is 19.5 Å². The van der Waals surface area contributed by atoms with E-state index in [2.05, 4.69) is 29.2 Å². The Hall–Kier alpha value is -1.08. The molecule has 0 amide bonds. The average molecular weight is 300 g/mol. The minimum Gasteiger partial charge on any atom is -0.379 e. The fourth-order valence-electron chi connectivity index (χ4n) is 2.49. The number of aromatic nitrogens is 2. The van der Waals surface area contributed by atoms with E-state index in [1.165, 1.54) is 0 Å². The lowest BCUT2D eigenvalue weighted by Crippen LogP contribution is -2.27. The van der Waals surface area contributed by atoms with Crippen LogP contribution in [0.25, 0.3) is 0 Å². The molecular formula is C13H24N4O2S. The molecule has 1 aliphatic rings. The Labute approximate surface area is 121 Å². The molecule has 0 aromatic carbocycles. The minimum absolute atomic E-state index is 0.0282. The van der Waals surface area contributed by atoms with Crippen LogP contribution in [-0.4, -0.2) is 60.3 Å². The third-order valence-corrected chi connectivity index (χ3v) is 5.54. The summed E-state index contributed by atoms with van der Waals surface area (Å²) >= 11 is 0. The molecule has 114 valence electrons. The summed E-state index contributed by atoms with van der Waals surface area (Å²) in [6, 6.07) is 0.0282. The van der Waals surface area contributed by atoms with Gasteiger partial charge >= 0.3 is 0 Å². The van der Waals surface area contributed by atoms with Crippen molar-refractivity contribution < 1.29 is 8.42 Å². The largest absolute Gasteiger partial charge is 0.379 e. The quantitative estimate of drug-likeness (QED) is 0.807. The molecule has 1 unspecified atom stereocenters. The van der Waals surface area contributed by atoms with Gasteiger partial charge in [0.25, 0.3) is 0 Å². The van der Waals surface area contributed by atoms with Crippen molar-refractivity contribution in [1.82, 2.24) is 14.7 Å². The first-order valence-corrected chi connectivity index (χ1v) is 9.06. The highest BCUT2D eigenvalue weighted by Crippen LogP contribution is 2.16. The number of likely N-dealkylation sites (N-methyl/N-ethyl adjacent to an activating group) is 1. The van der Waals surface area contributed by atoms with Gasteiger partial charge in [0, 0.05) is 18.8 Å². The van der Waals surface area contributed by atoms with Crippen LogP contribution in [0.15, 0.2) is 12.4 Å². The van der Waals surface area contributed by atoms with Gasteiger partial charge in [0.05, 0.1) is 29.9 Å². The Morgan fingerprint density at radius 3 is 2.80 bits per heavy atom. The summed E-state index contributed by atoms with van der Waals surface area (Å²) < 4.78 is 24.7. The fourth-order valence-corrected chi connectivity index (χ4v) is 4.16. The van der Waals surface area contributed by atoms with Crippen molar-refractivity contribution in [2.24, 2.45) is 0 Å². The van der Waals surface area contributed by atoms with Crippen LogP contribution in [0.1, 0.15) is 20.3 Å². The van der Waals surface area contributed by atoms with Gasteiger partial charge in [-0.1, -0.05) is 13.8 Å². The van der Waals surface area contributed by atoms with E-state index in [4.69, 9.17) is 0 Å². The summed E-state index contributed by atoms with van der Waals surface area (Å²) in [6.45, 7) is 8.23. The highest BCUT2D eigenvalue weighted by molar-refractivity contribution is 7.91. The summed E-state index contributed by atoms with van der Waals surface area (Å²) in [5, 5.41) is 7.57. The van der Waals surface area contributed by atoms with Gasteiger partial charge in [0.15, 0.2) is 9.84 Å². The van der Waals surface area contributed by atoms with Crippen LogP contribution in [0.3, 0.4) is 0 Å². The van der Waals surface area contributed by atoms with Gasteiger partial charge in [0.1, 0.15) is 0 Å². The lowest BCUT2D eigenvalue weighted by atomic mass is 10.2. The maximum atomic E-state index is 11.4. The molecule has 0 bridgehead atoms. The molecule has 2 heterocycles. The molecule has 20 heavy (non-hydrogen) atoms. The zero-order valence-corrected chi connectivity index (χ0v) is 13.1. The van der Waals surface area contributed by atoms with Gasteiger partial charge in [-0.3, -0.25) is 4.68 Å². The highest BCUT2D eigenvalue weighted by atomic mass is 32.2. The summed E-state index contributed by atoms with van der Waals surface area (Å²) in [6.07, 6.45) is 4.41. The van der Waals surface area contributed by atoms with Crippen LogP contribution in [0.4, 0.5) is 5.69 Å². The molecule has 7 heteroatoms. The Bertz CT molecular complexity index is 522. The standard InChI is InChI=1S/C13H24N4O2S/c1-3-16(4-2)6-7-17-10-13(9-14-17)15-12-5-8-20(18,19)11-12/h9-10,12,15H,3-8,11H2,1-2H3. The monoisotopic (exact) mass is 300 g/mol. The number of rotatable bonds is 7. The Kier molecular flexibility index (Phi) is 5.04. The zero-order chi connectivity index (χ0) is 14.6. The topological polar surface area (TPSA) is 67.2 Å². The van der Waals surface area contributed by atoms with Gasteiger partial charge in [-0.2, -0.15) is 5.10 Å². The van der Waals surface area contributed by atoms with Gasteiger partial charge in [-0.15, -0.1) is 0 Å². The van der Waals surface area contributed by atoms with E-state index in [1.54, 1.807) is 6.20 Å². The first kappa shape index (κ1) is 15.3. The molecule has 1 aromatic rings. The third-order valence-electron chi connectivity index (χ3n) is 3.78. The lowest BCUT2D eigenvalue weighted by Gasteiger charge is -2.17. The molecule has 0 spiro atoms. The van der Waals surface area contributed by atoms with E-state index >= 15 is 0 Å². The molecule has 1 atom stereocenters. The summed E-state index contributed by atoms with van der Waals surface area (Å²) in [5.74, 6) is 0.526. The SMILES string of the molecule is CCN(CC)CCn1cc(NC2CCS(=O)(=O)C2)cn1. The number of sulfone groups is 1. The molecule has 1 fully saturated rings. The van der Waals surface area contributed by atoms with Crippen molar-refractivity contribution in [3.8, 4) is 0 Å². The molecule has 0 radical (unpaired) electrons. The second-order valence-corrected chi connectivity index (χ2v) is 7.49. The van der Waals surface area contributed by atoms with Crippen LogP contribution in [0.2, 0.25) is 0 Å². The van der Waals surface area contributed by atoms with E-state index < -0.39 is 9.84 Å². The molecule has 2 rings (SSSR count). The van der Waals surface area contributed by atoms with E-state index in [0.29, 0.717) is 12.2 Å². The van der Waals surface area contributed by atoms with E-state index in [-0.39, 0.29) is 11.8 Å². The molecule has 6 nitrogen and oxygen atoms in total. The molecule has 1 aliphatic heterocycles. The first-order chi connectivity index (χ1) is 9.52. The molecule has 1 N–H and O–H groups in total. The second kappa shape index (κ2) is 6.58. The van der Waals surface area contributed by atoms with E-state index in [9.17, 15) is 8.42 Å². The number of nitrogens with zero attached hydrogens (tertiary/aromatic N) is 3. The minimum atomic E-state index is -2.83. The van der Waals surface area contributed by atoms with Crippen molar-refractivity contribution in [1.29, 1.82) is 0 Å². The predicted molar refractivity (Wildman–Crippen MR) is 80.7 cm³/mol. The van der Waals surface area contributed by atoms with Crippen molar-refractivity contribution in [3.63, 3.8) is 0 Å². The number of hydrogen-bond donors (Lipinski definition) is 1. The maximum Gasteiger partial charge on any atom is 0.152 e. The normalized spacial score (nSPS) is 21.4. The maximum absolute atomic E-state index is 11.4. The number of anilines is 1. The first-order valence-electron chi connectivity index (χ1n) is 7.24. The van der Waals surface area contributed by atoms with E-state index in [0.717, 1.165) is 31.9 Å². The smallest absolute Gasteiger partial charge is 0.152 e.